The van der Waals surface area contributed by atoms with E-state index in [1.165, 1.54) is 12.1 Å². The minimum Gasteiger partial charge on any atom is -0.378 e. The molecule has 1 N–H and O–H groups in total. The number of benzene rings is 2. The van der Waals surface area contributed by atoms with Gasteiger partial charge < -0.3 is 19.5 Å². The summed E-state index contributed by atoms with van der Waals surface area (Å²) in [7, 11) is 0. The van der Waals surface area contributed by atoms with E-state index in [0.717, 1.165) is 6.07 Å². The zero-order valence-electron chi connectivity index (χ0n) is 15.8. The van der Waals surface area contributed by atoms with E-state index in [1.807, 2.05) is 11.0 Å². The number of aromatic nitrogens is 1. The predicted octanol–water partition coefficient (Wildman–Crippen LogP) is 4.45. The van der Waals surface area contributed by atoms with E-state index in [-0.39, 0.29) is 11.4 Å². The summed E-state index contributed by atoms with van der Waals surface area (Å²) in [6, 6.07) is 14.2. The number of nitrogens with one attached hydrogen (secondary N) is 1. The summed E-state index contributed by atoms with van der Waals surface area (Å²) in [5.74, 6) is -0.440. The van der Waals surface area contributed by atoms with Crippen LogP contribution < -0.4 is 10.2 Å². The Labute approximate surface area is 170 Å². The van der Waals surface area contributed by atoms with Gasteiger partial charge in [0.15, 0.2) is 11.5 Å². The molecule has 3 aromatic rings. The number of hydrogen-bond acceptors (Lipinski definition) is 5. The van der Waals surface area contributed by atoms with Crippen molar-refractivity contribution in [2.45, 2.75) is 6.18 Å². The molecule has 0 spiro atoms. The van der Waals surface area contributed by atoms with Crippen LogP contribution in [0.1, 0.15) is 16.1 Å². The lowest BCUT2D eigenvalue weighted by molar-refractivity contribution is -0.136. The molecule has 1 fully saturated rings. The van der Waals surface area contributed by atoms with Crippen LogP contribution in [0.2, 0.25) is 0 Å². The summed E-state index contributed by atoms with van der Waals surface area (Å²) in [6.07, 6.45) is -4.63. The van der Waals surface area contributed by atoms with Crippen LogP contribution in [-0.2, 0) is 10.9 Å². The van der Waals surface area contributed by atoms with E-state index < -0.39 is 17.6 Å². The summed E-state index contributed by atoms with van der Waals surface area (Å²) in [5.41, 5.74) is -0.244. The van der Waals surface area contributed by atoms with Gasteiger partial charge in [0.25, 0.3) is 5.91 Å². The van der Waals surface area contributed by atoms with Crippen LogP contribution >= 0.6 is 0 Å². The van der Waals surface area contributed by atoms with E-state index in [1.54, 1.807) is 30.3 Å². The Morgan fingerprint density at radius 3 is 2.47 bits per heavy atom. The van der Waals surface area contributed by atoms with Crippen LogP contribution in [0.15, 0.2) is 59.1 Å². The van der Waals surface area contributed by atoms with Crippen LogP contribution in [0.5, 0.6) is 0 Å². The fourth-order valence-corrected chi connectivity index (χ4v) is 3.20. The van der Waals surface area contributed by atoms with Gasteiger partial charge >= 0.3 is 6.18 Å². The first-order valence-corrected chi connectivity index (χ1v) is 9.29. The van der Waals surface area contributed by atoms with Crippen molar-refractivity contribution in [3.8, 4) is 11.3 Å². The normalized spacial score (nSPS) is 14.6. The van der Waals surface area contributed by atoms with Gasteiger partial charge in [-0.25, -0.2) is 0 Å². The first-order chi connectivity index (χ1) is 14.4. The number of amides is 1. The van der Waals surface area contributed by atoms with Crippen molar-refractivity contribution in [1.82, 2.24) is 5.16 Å². The predicted molar refractivity (Wildman–Crippen MR) is 104 cm³/mol. The van der Waals surface area contributed by atoms with Gasteiger partial charge in [-0.1, -0.05) is 35.5 Å². The molecule has 0 atom stereocenters. The maximum atomic E-state index is 13.6. The quantitative estimate of drug-likeness (QED) is 0.680. The summed E-state index contributed by atoms with van der Waals surface area (Å²) in [6.45, 7) is 1.92. The fraction of sp³-hybridized carbons (Fsp3) is 0.238. The molecule has 0 radical (unpaired) electrons. The van der Waals surface area contributed by atoms with E-state index in [2.05, 4.69) is 10.5 Å². The van der Waals surface area contributed by atoms with Gasteiger partial charge in [-0.15, -0.1) is 0 Å². The zero-order chi connectivity index (χ0) is 21.1. The number of halogens is 3. The molecule has 1 aromatic heterocycles. The molecule has 2 heterocycles. The van der Waals surface area contributed by atoms with Crippen LogP contribution in [0, 0.1) is 0 Å². The molecule has 9 heteroatoms. The third-order valence-electron chi connectivity index (χ3n) is 4.73. The highest BCUT2D eigenvalue weighted by Gasteiger charge is 2.35. The van der Waals surface area contributed by atoms with Crippen molar-refractivity contribution in [2.24, 2.45) is 0 Å². The molecule has 1 aliphatic rings. The topological polar surface area (TPSA) is 67.6 Å². The molecule has 6 nitrogen and oxygen atoms in total. The van der Waals surface area contributed by atoms with Crippen LogP contribution in [-0.4, -0.2) is 37.4 Å². The van der Waals surface area contributed by atoms with Crippen molar-refractivity contribution >= 4 is 17.3 Å². The summed E-state index contributed by atoms with van der Waals surface area (Å²) in [5, 5.41) is 5.98. The first-order valence-electron chi connectivity index (χ1n) is 9.29. The number of nitrogens with zero attached hydrogens (tertiary/aromatic N) is 2. The zero-order valence-corrected chi connectivity index (χ0v) is 15.8. The number of ether oxygens (including phenoxy) is 1. The molecule has 1 aliphatic heterocycles. The minimum absolute atomic E-state index is 0.112. The number of carbonyl (C=O) groups excluding carboxylic acids is 1. The Hall–Kier alpha value is -3.33. The van der Waals surface area contributed by atoms with Gasteiger partial charge in [0.1, 0.15) is 0 Å². The molecule has 156 valence electrons. The number of morpholine rings is 1. The van der Waals surface area contributed by atoms with E-state index in [0.29, 0.717) is 43.3 Å². The Morgan fingerprint density at radius 1 is 1.03 bits per heavy atom. The standard InChI is InChI=1S/C21H18F3N3O3/c22-21(23,24)16-12-15(27-8-10-29-11-9-27)6-7-17(16)25-20(28)18-13-19(30-26-18)14-4-2-1-3-5-14/h1-7,12-13H,8-11H2,(H,25,28). The van der Waals surface area contributed by atoms with E-state index >= 15 is 0 Å². The maximum absolute atomic E-state index is 13.6. The first kappa shape index (κ1) is 20.0. The van der Waals surface area contributed by atoms with Gasteiger partial charge in [-0.2, -0.15) is 13.2 Å². The fourth-order valence-electron chi connectivity index (χ4n) is 3.20. The van der Waals surface area contributed by atoms with Gasteiger partial charge in [-0.3, -0.25) is 4.79 Å². The second-order valence-corrected chi connectivity index (χ2v) is 6.72. The molecular weight excluding hydrogens is 399 g/mol. The summed E-state index contributed by atoms with van der Waals surface area (Å²) < 4.78 is 51.3. The Kier molecular flexibility index (Phi) is 5.45. The Balaban J connectivity index is 1.57. The minimum atomic E-state index is -4.63. The molecule has 0 aliphatic carbocycles. The van der Waals surface area contributed by atoms with Crippen molar-refractivity contribution in [2.75, 3.05) is 36.5 Å². The molecule has 1 amide bonds. The number of alkyl halides is 3. The smallest absolute Gasteiger partial charge is 0.378 e. The number of rotatable bonds is 4. The highest BCUT2D eigenvalue weighted by Crippen LogP contribution is 2.37. The lowest BCUT2D eigenvalue weighted by Crippen LogP contribution is -2.36. The highest BCUT2D eigenvalue weighted by molar-refractivity contribution is 6.03. The third kappa shape index (κ3) is 4.30. The monoisotopic (exact) mass is 417 g/mol. The lowest BCUT2D eigenvalue weighted by atomic mass is 10.1. The Morgan fingerprint density at radius 2 is 1.77 bits per heavy atom. The maximum Gasteiger partial charge on any atom is 0.418 e. The largest absolute Gasteiger partial charge is 0.418 e. The number of hydrogen-bond donors (Lipinski definition) is 1. The number of anilines is 2. The molecule has 2 aromatic carbocycles. The SMILES string of the molecule is O=C(Nc1ccc(N2CCOCC2)cc1C(F)(F)F)c1cc(-c2ccccc2)on1. The van der Waals surface area contributed by atoms with Crippen molar-refractivity contribution in [3.05, 3.63) is 65.9 Å². The van der Waals surface area contributed by atoms with Gasteiger partial charge in [0.2, 0.25) is 0 Å². The lowest BCUT2D eigenvalue weighted by Gasteiger charge is -2.29. The average molecular weight is 417 g/mol. The number of carbonyl (C=O) groups is 1. The van der Waals surface area contributed by atoms with Crippen LogP contribution in [0.4, 0.5) is 24.5 Å². The van der Waals surface area contributed by atoms with Gasteiger partial charge in [-0.05, 0) is 18.2 Å². The van der Waals surface area contributed by atoms with E-state index in [4.69, 9.17) is 9.26 Å². The molecule has 0 bridgehead atoms. The molecule has 4 rings (SSSR count). The van der Waals surface area contributed by atoms with Crippen molar-refractivity contribution in [1.29, 1.82) is 0 Å². The summed E-state index contributed by atoms with van der Waals surface area (Å²) in [4.78, 5) is 14.3. The van der Waals surface area contributed by atoms with Gasteiger partial charge in [0.05, 0.1) is 24.5 Å². The van der Waals surface area contributed by atoms with Crippen LogP contribution in [0.3, 0.4) is 0 Å². The summed E-state index contributed by atoms with van der Waals surface area (Å²) >= 11 is 0. The average Bonchev–Trinajstić information content (AvgIpc) is 3.25. The molecule has 1 saturated heterocycles. The van der Waals surface area contributed by atoms with Crippen molar-refractivity contribution < 1.29 is 27.2 Å². The van der Waals surface area contributed by atoms with Crippen molar-refractivity contribution in [3.63, 3.8) is 0 Å². The van der Waals surface area contributed by atoms with E-state index in [9.17, 15) is 18.0 Å². The highest BCUT2D eigenvalue weighted by atomic mass is 19.4. The molecule has 30 heavy (non-hydrogen) atoms. The van der Waals surface area contributed by atoms with Gasteiger partial charge in [0, 0.05) is 30.4 Å². The Bertz CT molecular complexity index is 1030. The molecule has 0 saturated carbocycles. The molecule has 0 unspecified atom stereocenters. The molecular formula is C21H18F3N3O3. The van der Waals surface area contributed by atoms with Crippen LogP contribution in [0.25, 0.3) is 11.3 Å². The second kappa shape index (κ2) is 8.19. The third-order valence-corrected chi connectivity index (χ3v) is 4.73. The second-order valence-electron chi connectivity index (χ2n) is 6.72.